The van der Waals surface area contributed by atoms with E-state index in [2.05, 4.69) is 40.7 Å². The third-order valence-corrected chi connectivity index (χ3v) is 2.93. The molecule has 15 heavy (non-hydrogen) atoms. The van der Waals surface area contributed by atoms with Crippen LogP contribution < -0.4 is 0 Å². The first kappa shape index (κ1) is 12.1. The Morgan fingerprint density at radius 3 is 2.33 bits per heavy atom. The van der Waals surface area contributed by atoms with Crippen LogP contribution in [0.4, 0.5) is 4.79 Å². The fraction of sp³-hybridized carbons (Fsp3) is 0.750. The summed E-state index contributed by atoms with van der Waals surface area (Å²) >= 11 is 0. The summed E-state index contributed by atoms with van der Waals surface area (Å²) in [6.07, 6.45) is 3.24. The van der Waals surface area contributed by atoms with Crippen molar-refractivity contribution >= 4 is 6.09 Å². The van der Waals surface area contributed by atoms with Crippen molar-refractivity contribution < 1.29 is 9.90 Å². The second kappa shape index (κ2) is 3.54. The van der Waals surface area contributed by atoms with Gasteiger partial charge in [-0.2, -0.15) is 0 Å². The Kier molecular flexibility index (Phi) is 2.85. The highest BCUT2D eigenvalue weighted by molar-refractivity contribution is 5.66. The minimum Gasteiger partial charge on any atom is -0.465 e. The van der Waals surface area contributed by atoms with Crippen LogP contribution in [0.5, 0.6) is 0 Å². The van der Waals surface area contributed by atoms with Crippen LogP contribution >= 0.6 is 0 Å². The summed E-state index contributed by atoms with van der Waals surface area (Å²) in [6, 6.07) is 0.0208. The van der Waals surface area contributed by atoms with Gasteiger partial charge in [0.15, 0.2) is 0 Å². The Hall–Kier alpha value is -0.990. The van der Waals surface area contributed by atoms with Gasteiger partial charge in [-0.15, -0.1) is 0 Å². The average Bonchev–Trinajstić information content (AvgIpc) is 1.98. The lowest BCUT2D eigenvalue weighted by atomic mass is 9.68. The molecular weight excluding hydrogens is 190 g/mol. The van der Waals surface area contributed by atoms with Crippen molar-refractivity contribution in [1.82, 2.24) is 4.90 Å². The maximum Gasteiger partial charge on any atom is 0.407 e. The Morgan fingerprint density at radius 2 is 2.00 bits per heavy atom. The summed E-state index contributed by atoms with van der Waals surface area (Å²) in [7, 11) is 0. The van der Waals surface area contributed by atoms with Gasteiger partial charge in [0.1, 0.15) is 0 Å². The molecule has 1 amide bonds. The van der Waals surface area contributed by atoms with Crippen LogP contribution in [-0.4, -0.2) is 28.7 Å². The highest BCUT2D eigenvalue weighted by Gasteiger charge is 2.44. The van der Waals surface area contributed by atoms with E-state index in [1.807, 2.05) is 6.08 Å². The van der Waals surface area contributed by atoms with Crippen molar-refractivity contribution in [2.24, 2.45) is 10.8 Å². The van der Waals surface area contributed by atoms with E-state index in [0.29, 0.717) is 6.54 Å². The molecular formula is C12H21NO2. The van der Waals surface area contributed by atoms with Crippen molar-refractivity contribution in [2.45, 2.75) is 40.7 Å². The minimum absolute atomic E-state index is 0.0208. The molecule has 0 bridgehead atoms. The lowest BCUT2D eigenvalue weighted by molar-refractivity contribution is 0.0332. The van der Waals surface area contributed by atoms with Crippen LogP contribution in [0, 0.1) is 10.8 Å². The van der Waals surface area contributed by atoms with Gasteiger partial charge in [-0.25, -0.2) is 4.79 Å². The van der Waals surface area contributed by atoms with Crippen LogP contribution in [0.15, 0.2) is 12.2 Å². The zero-order valence-electron chi connectivity index (χ0n) is 10.2. The largest absolute Gasteiger partial charge is 0.465 e. The van der Waals surface area contributed by atoms with Crippen LogP contribution in [-0.2, 0) is 0 Å². The standard InChI is InChI=1S/C12H21NO2/c1-11(2,3)9-12(4,5)7-6-8-13(9)10(14)15/h6-7,9H,8H2,1-5H3,(H,14,15). The molecule has 0 aromatic heterocycles. The average molecular weight is 211 g/mol. The monoisotopic (exact) mass is 211 g/mol. The molecule has 0 aromatic carbocycles. The molecule has 3 heteroatoms. The zero-order valence-corrected chi connectivity index (χ0v) is 10.2. The molecule has 0 saturated heterocycles. The highest BCUT2D eigenvalue weighted by Crippen LogP contribution is 2.40. The number of rotatable bonds is 0. The SMILES string of the molecule is CC(C)(C)C1N(C(=O)O)CC=CC1(C)C. The predicted molar refractivity (Wildman–Crippen MR) is 60.9 cm³/mol. The van der Waals surface area contributed by atoms with Crippen molar-refractivity contribution in [2.75, 3.05) is 6.54 Å². The Bertz CT molecular complexity index is 286. The van der Waals surface area contributed by atoms with Crippen molar-refractivity contribution in [3.05, 3.63) is 12.2 Å². The van der Waals surface area contributed by atoms with E-state index in [9.17, 15) is 9.90 Å². The molecule has 0 saturated carbocycles. The van der Waals surface area contributed by atoms with Crippen LogP contribution in [0.1, 0.15) is 34.6 Å². The number of hydrogen-bond donors (Lipinski definition) is 1. The lowest BCUT2D eigenvalue weighted by Crippen LogP contribution is -2.56. The molecule has 1 aliphatic heterocycles. The van der Waals surface area contributed by atoms with Gasteiger partial charge in [0.05, 0.1) is 0 Å². The van der Waals surface area contributed by atoms with Gasteiger partial charge in [-0.05, 0) is 5.41 Å². The first-order valence-corrected chi connectivity index (χ1v) is 5.33. The fourth-order valence-electron chi connectivity index (χ4n) is 2.84. The van der Waals surface area contributed by atoms with E-state index in [-0.39, 0.29) is 16.9 Å². The number of carbonyl (C=O) groups is 1. The van der Waals surface area contributed by atoms with E-state index in [1.54, 1.807) is 4.90 Å². The maximum absolute atomic E-state index is 11.2. The zero-order chi connectivity index (χ0) is 11.9. The smallest absolute Gasteiger partial charge is 0.407 e. The number of nitrogens with zero attached hydrogens (tertiary/aromatic N) is 1. The molecule has 1 heterocycles. The van der Waals surface area contributed by atoms with Gasteiger partial charge in [-0.3, -0.25) is 0 Å². The van der Waals surface area contributed by atoms with Gasteiger partial charge >= 0.3 is 6.09 Å². The van der Waals surface area contributed by atoms with Gasteiger partial charge < -0.3 is 10.0 Å². The molecule has 0 aliphatic carbocycles. The molecule has 0 aromatic rings. The van der Waals surface area contributed by atoms with E-state index in [0.717, 1.165) is 0 Å². The summed E-state index contributed by atoms with van der Waals surface area (Å²) in [6.45, 7) is 11.0. The second-order valence-electron chi connectivity index (χ2n) is 5.93. The highest BCUT2D eigenvalue weighted by atomic mass is 16.4. The number of hydrogen-bond acceptors (Lipinski definition) is 1. The topological polar surface area (TPSA) is 40.5 Å². The van der Waals surface area contributed by atoms with E-state index in [4.69, 9.17) is 0 Å². The first-order valence-electron chi connectivity index (χ1n) is 5.33. The molecule has 1 N–H and O–H groups in total. The summed E-state index contributed by atoms with van der Waals surface area (Å²) in [5.41, 5.74) is -0.151. The Balaban J connectivity index is 3.12. The molecule has 1 atom stereocenters. The second-order valence-corrected chi connectivity index (χ2v) is 5.93. The van der Waals surface area contributed by atoms with E-state index < -0.39 is 6.09 Å². The molecule has 3 nitrogen and oxygen atoms in total. The van der Waals surface area contributed by atoms with Crippen molar-refractivity contribution in [3.63, 3.8) is 0 Å². The van der Waals surface area contributed by atoms with Crippen LogP contribution in [0.2, 0.25) is 0 Å². The summed E-state index contributed by atoms with van der Waals surface area (Å²) in [5, 5.41) is 9.20. The third kappa shape index (κ3) is 2.33. The molecule has 1 rings (SSSR count). The van der Waals surface area contributed by atoms with E-state index in [1.165, 1.54) is 0 Å². The summed E-state index contributed by atoms with van der Waals surface area (Å²) < 4.78 is 0. The van der Waals surface area contributed by atoms with Gasteiger partial charge in [0.2, 0.25) is 0 Å². The quantitative estimate of drug-likeness (QED) is 0.626. The molecule has 1 unspecified atom stereocenters. The van der Waals surface area contributed by atoms with Crippen molar-refractivity contribution in [1.29, 1.82) is 0 Å². The molecule has 0 radical (unpaired) electrons. The molecule has 0 spiro atoms. The first-order chi connectivity index (χ1) is 6.66. The Morgan fingerprint density at radius 1 is 1.47 bits per heavy atom. The summed E-state index contributed by atoms with van der Waals surface area (Å²) in [5.74, 6) is 0. The fourth-order valence-corrected chi connectivity index (χ4v) is 2.84. The number of carboxylic acid groups (broad SMARTS) is 1. The van der Waals surface area contributed by atoms with Crippen molar-refractivity contribution in [3.8, 4) is 0 Å². The van der Waals surface area contributed by atoms with Crippen LogP contribution in [0.25, 0.3) is 0 Å². The Labute approximate surface area is 91.8 Å². The third-order valence-electron chi connectivity index (χ3n) is 2.93. The maximum atomic E-state index is 11.2. The minimum atomic E-state index is -0.827. The predicted octanol–water partition coefficient (Wildman–Crippen LogP) is 2.98. The van der Waals surface area contributed by atoms with E-state index >= 15 is 0 Å². The van der Waals surface area contributed by atoms with Gasteiger partial charge in [0, 0.05) is 18.0 Å². The van der Waals surface area contributed by atoms with Gasteiger partial charge in [-0.1, -0.05) is 46.8 Å². The number of amides is 1. The normalized spacial score (nSPS) is 25.4. The lowest BCUT2D eigenvalue weighted by Gasteiger charge is -2.48. The van der Waals surface area contributed by atoms with Crippen LogP contribution in [0.3, 0.4) is 0 Å². The molecule has 0 fully saturated rings. The van der Waals surface area contributed by atoms with Gasteiger partial charge in [0.25, 0.3) is 0 Å². The summed E-state index contributed by atoms with van der Waals surface area (Å²) in [4.78, 5) is 12.7. The molecule has 1 aliphatic rings. The molecule has 86 valence electrons.